The number of thiocarbonyl (C=S) groups is 1. The number of para-hydroxylation sites is 1. The van der Waals surface area contributed by atoms with Gasteiger partial charge in [-0.1, -0.05) is 44.3 Å². The first-order valence-electron chi connectivity index (χ1n) is 6.95. The number of pyridine rings is 1. The topological polar surface area (TPSA) is 42.1 Å². The number of anilines is 1. The SMILES string of the molecule is CC(C)CN(CCC(N)=S)c1ccnc2ccccc12. The predicted octanol–water partition coefficient (Wildman–Crippen LogP) is 3.37. The Morgan fingerprint density at radius 3 is 2.75 bits per heavy atom. The van der Waals surface area contributed by atoms with Gasteiger partial charge in [0, 0.05) is 36.8 Å². The van der Waals surface area contributed by atoms with E-state index in [9.17, 15) is 0 Å². The Hall–Kier alpha value is -1.68. The number of aromatic nitrogens is 1. The lowest BCUT2D eigenvalue weighted by atomic mass is 10.1. The third-order valence-corrected chi connectivity index (χ3v) is 3.38. The van der Waals surface area contributed by atoms with E-state index >= 15 is 0 Å². The summed E-state index contributed by atoms with van der Waals surface area (Å²) in [5.41, 5.74) is 7.89. The zero-order chi connectivity index (χ0) is 14.5. The molecule has 0 amide bonds. The molecule has 0 saturated carbocycles. The zero-order valence-corrected chi connectivity index (χ0v) is 12.9. The van der Waals surface area contributed by atoms with Crippen molar-refractivity contribution in [2.24, 2.45) is 11.7 Å². The van der Waals surface area contributed by atoms with Gasteiger partial charge in [-0.3, -0.25) is 4.98 Å². The maximum atomic E-state index is 5.65. The number of hydrogen-bond donors (Lipinski definition) is 1. The number of nitrogens with zero attached hydrogens (tertiary/aromatic N) is 2. The van der Waals surface area contributed by atoms with Crippen LogP contribution in [0.5, 0.6) is 0 Å². The second kappa shape index (κ2) is 6.66. The minimum atomic E-state index is 0.567. The highest BCUT2D eigenvalue weighted by Gasteiger charge is 2.12. The van der Waals surface area contributed by atoms with Gasteiger partial charge in [0.15, 0.2) is 0 Å². The summed E-state index contributed by atoms with van der Waals surface area (Å²) in [5, 5.41) is 1.18. The van der Waals surface area contributed by atoms with Crippen molar-refractivity contribution in [3.8, 4) is 0 Å². The quantitative estimate of drug-likeness (QED) is 0.827. The third kappa shape index (κ3) is 3.67. The van der Waals surface area contributed by atoms with E-state index in [0.717, 1.165) is 25.0 Å². The van der Waals surface area contributed by atoms with E-state index in [1.807, 2.05) is 18.3 Å². The summed E-state index contributed by atoms with van der Waals surface area (Å²) in [7, 11) is 0. The van der Waals surface area contributed by atoms with E-state index in [0.29, 0.717) is 10.9 Å². The largest absolute Gasteiger partial charge is 0.393 e. The van der Waals surface area contributed by atoms with Crippen molar-refractivity contribution in [1.82, 2.24) is 4.98 Å². The summed E-state index contributed by atoms with van der Waals surface area (Å²) in [6.45, 7) is 6.27. The maximum Gasteiger partial charge on any atom is 0.0745 e. The van der Waals surface area contributed by atoms with Gasteiger partial charge in [0.25, 0.3) is 0 Å². The molecule has 2 rings (SSSR count). The Kier molecular flexibility index (Phi) is 4.90. The Morgan fingerprint density at radius 2 is 2.05 bits per heavy atom. The Labute approximate surface area is 125 Å². The van der Waals surface area contributed by atoms with Gasteiger partial charge in [-0.15, -0.1) is 0 Å². The highest BCUT2D eigenvalue weighted by molar-refractivity contribution is 7.80. The molecule has 20 heavy (non-hydrogen) atoms. The molecule has 1 aromatic heterocycles. The van der Waals surface area contributed by atoms with Gasteiger partial charge < -0.3 is 10.6 Å². The van der Waals surface area contributed by atoms with Crippen molar-refractivity contribution >= 4 is 33.8 Å². The summed E-state index contributed by atoms with van der Waals surface area (Å²) < 4.78 is 0. The summed E-state index contributed by atoms with van der Waals surface area (Å²) >= 11 is 5.01. The second-order valence-electron chi connectivity index (χ2n) is 5.40. The highest BCUT2D eigenvalue weighted by Crippen LogP contribution is 2.26. The molecule has 0 saturated heterocycles. The normalized spacial score (nSPS) is 10.9. The van der Waals surface area contributed by atoms with Crippen LogP contribution in [0, 0.1) is 5.92 Å². The molecule has 0 spiro atoms. The first-order valence-corrected chi connectivity index (χ1v) is 7.35. The van der Waals surface area contributed by atoms with E-state index in [2.05, 4.69) is 41.9 Å². The molecule has 106 valence electrons. The Morgan fingerprint density at radius 1 is 1.30 bits per heavy atom. The van der Waals surface area contributed by atoms with Crippen molar-refractivity contribution in [2.75, 3.05) is 18.0 Å². The molecule has 3 nitrogen and oxygen atoms in total. The fourth-order valence-electron chi connectivity index (χ4n) is 2.35. The molecule has 0 aliphatic heterocycles. The van der Waals surface area contributed by atoms with E-state index in [1.165, 1.54) is 11.1 Å². The average Bonchev–Trinajstić information content (AvgIpc) is 2.42. The Balaban J connectivity index is 2.36. The van der Waals surface area contributed by atoms with Crippen LogP contribution in [0.15, 0.2) is 36.5 Å². The highest BCUT2D eigenvalue weighted by atomic mass is 32.1. The lowest BCUT2D eigenvalue weighted by Gasteiger charge is -2.27. The van der Waals surface area contributed by atoms with Crippen molar-refractivity contribution in [3.05, 3.63) is 36.5 Å². The smallest absolute Gasteiger partial charge is 0.0745 e. The molecule has 0 radical (unpaired) electrons. The molecule has 4 heteroatoms. The van der Waals surface area contributed by atoms with Crippen LogP contribution in [-0.2, 0) is 0 Å². The average molecular weight is 287 g/mol. The molecular weight excluding hydrogens is 266 g/mol. The van der Waals surface area contributed by atoms with Crippen molar-refractivity contribution in [2.45, 2.75) is 20.3 Å². The van der Waals surface area contributed by atoms with Gasteiger partial charge in [0.2, 0.25) is 0 Å². The van der Waals surface area contributed by atoms with Crippen LogP contribution in [0.3, 0.4) is 0 Å². The maximum absolute atomic E-state index is 5.65. The van der Waals surface area contributed by atoms with Crippen LogP contribution >= 0.6 is 12.2 Å². The molecule has 0 atom stereocenters. The number of rotatable bonds is 6. The van der Waals surface area contributed by atoms with E-state index in [-0.39, 0.29) is 0 Å². The van der Waals surface area contributed by atoms with Crippen molar-refractivity contribution in [3.63, 3.8) is 0 Å². The molecule has 2 N–H and O–H groups in total. The number of nitrogens with two attached hydrogens (primary N) is 1. The first kappa shape index (κ1) is 14.7. The fraction of sp³-hybridized carbons (Fsp3) is 0.375. The minimum absolute atomic E-state index is 0.567. The lowest BCUT2D eigenvalue weighted by molar-refractivity contribution is 0.615. The van der Waals surface area contributed by atoms with Crippen LogP contribution in [0.1, 0.15) is 20.3 Å². The standard InChI is InChI=1S/C16H21N3S/c1-12(2)11-19(10-8-16(17)20)15-7-9-18-14-6-4-3-5-13(14)15/h3-7,9,12H,8,10-11H2,1-2H3,(H2,17,20). The number of fused-ring (bicyclic) bond motifs is 1. The van der Waals surface area contributed by atoms with Gasteiger partial charge in [-0.2, -0.15) is 0 Å². The van der Waals surface area contributed by atoms with Gasteiger partial charge in [0.05, 0.1) is 10.5 Å². The molecule has 2 aromatic rings. The molecule has 0 fully saturated rings. The third-order valence-electron chi connectivity index (χ3n) is 3.18. The molecule has 1 aromatic carbocycles. The van der Waals surface area contributed by atoms with E-state index < -0.39 is 0 Å². The molecule has 0 unspecified atom stereocenters. The predicted molar refractivity (Wildman–Crippen MR) is 90.2 cm³/mol. The van der Waals surface area contributed by atoms with Crippen LogP contribution in [0.2, 0.25) is 0 Å². The van der Waals surface area contributed by atoms with Crippen LogP contribution in [0.25, 0.3) is 10.9 Å². The van der Waals surface area contributed by atoms with E-state index in [4.69, 9.17) is 18.0 Å². The fourth-order valence-corrected chi connectivity index (χ4v) is 2.44. The van der Waals surface area contributed by atoms with Crippen molar-refractivity contribution < 1.29 is 0 Å². The van der Waals surface area contributed by atoms with Gasteiger partial charge in [-0.25, -0.2) is 0 Å². The van der Waals surface area contributed by atoms with Gasteiger partial charge in [0.1, 0.15) is 0 Å². The number of benzene rings is 1. The summed E-state index contributed by atoms with van der Waals surface area (Å²) in [4.78, 5) is 7.34. The Bertz CT molecular complexity index is 590. The van der Waals surface area contributed by atoms with Crippen molar-refractivity contribution in [1.29, 1.82) is 0 Å². The monoisotopic (exact) mass is 287 g/mol. The number of hydrogen-bond acceptors (Lipinski definition) is 3. The first-order chi connectivity index (χ1) is 9.58. The lowest BCUT2D eigenvalue weighted by Crippen LogP contribution is -2.31. The molecule has 0 aliphatic carbocycles. The van der Waals surface area contributed by atoms with Gasteiger partial charge >= 0.3 is 0 Å². The second-order valence-corrected chi connectivity index (χ2v) is 5.93. The van der Waals surface area contributed by atoms with E-state index in [1.54, 1.807) is 0 Å². The molecular formula is C16H21N3S. The molecule has 0 bridgehead atoms. The zero-order valence-electron chi connectivity index (χ0n) is 12.0. The molecule has 1 heterocycles. The van der Waals surface area contributed by atoms with Crippen LogP contribution in [-0.4, -0.2) is 23.1 Å². The minimum Gasteiger partial charge on any atom is -0.393 e. The van der Waals surface area contributed by atoms with Gasteiger partial charge in [-0.05, 0) is 18.1 Å². The summed E-state index contributed by atoms with van der Waals surface area (Å²) in [6, 6.07) is 10.3. The summed E-state index contributed by atoms with van der Waals surface area (Å²) in [5.74, 6) is 0.577. The van der Waals surface area contributed by atoms with Crippen LogP contribution < -0.4 is 10.6 Å². The van der Waals surface area contributed by atoms with Crippen LogP contribution in [0.4, 0.5) is 5.69 Å². The molecule has 0 aliphatic rings. The summed E-state index contributed by atoms with van der Waals surface area (Å²) in [6.07, 6.45) is 2.60.